The molecule has 3 heterocycles. The number of benzene rings is 2. The van der Waals surface area contributed by atoms with Crippen LogP contribution < -0.4 is 4.90 Å². The van der Waals surface area contributed by atoms with Crippen molar-refractivity contribution in [2.75, 3.05) is 18.5 Å². The minimum Gasteiger partial charge on any atom is -0.481 e. The number of carbonyl (C=O) groups is 1. The summed E-state index contributed by atoms with van der Waals surface area (Å²) in [5.74, 6) is -0.179. The van der Waals surface area contributed by atoms with Crippen LogP contribution in [0.3, 0.4) is 0 Å². The maximum Gasteiger partial charge on any atom is 0.304 e. The molecule has 2 fully saturated rings. The predicted octanol–water partition coefficient (Wildman–Crippen LogP) is 4.63. The number of hydrogen-bond donors (Lipinski definition) is 1. The number of carboxylic acids is 1. The molecule has 0 bridgehead atoms. The Kier molecular flexibility index (Phi) is 6.59. The molecule has 7 rings (SSSR count). The number of nitrogens with zero attached hydrogens (tertiary/aromatic N) is 6. The average molecular weight is 601 g/mol. The summed E-state index contributed by atoms with van der Waals surface area (Å²) in [6.07, 6.45) is 5.78. The van der Waals surface area contributed by atoms with Crippen molar-refractivity contribution in [3.8, 4) is 0 Å². The molecular weight excluding hydrogens is 564 g/mol. The third-order valence-electron chi connectivity index (χ3n) is 9.68. The Balaban J connectivity index is 1.26. The molecule has 1 unspecified atom stereocenters. The van der Waals surface area contributed by atoms with Crippen LogP contribution in [0.25, 0.3) is 11.0 Å². The highest BCUT2D eigenvalue weighted by atomic mass is 32.2. The van der Waals surface area contributed by atoms with Crippen molar-refractivity contribution >= 4 is 32.8 Å². The number of anilines is 1. The Hall–Kier alpha value is -3.83. The van der Waals surface area contributed by atoms with E-state index < -0.39 is 21.9 Å². The van der Waals surface area contributed by atoms with Crippen LogP contribution in [0.5, 0.6) is 0 Å². The summed E-state index contributed by atoms with van der Waals surface area (Å²) in [7, 11) is -1.88. The van der Waals surface area contributed by atoms with E-state index in [2.05, 4.69) is 15.3 Å². The minimum atomic E-state index is -3.82. The molecule has 0 saturated heterocycles. The highest BCUT2D eigenvalue weighted by molar-refractivity contribution is 7.89. The fraction of sp³-hybridized carbons (Fsp3) is 0.438. The Morgan fingerprint density at radius 2 is 1.93 bits per heavy atom. The summed E-state index contributed by atoms with van der Waals surface area (Å²) >= 11 is 0. The van der Waals surface area contributed by atoms with E-state index in [4.69, 9.17) is 0 Å². The normalized spacial score (nSPS) is 19.7. The largest absolute Gasteiger partial charge is 0.481 e. The first-order valence-electron chi connectivity index (χ1n) is 14.9. The maximum atomic E-state index is 14.0. The molecule has 3 aliphatic rings. The number of rotatable bonds is 8. The third kappa shape index (κ3) is 4.88. The van der Waals surface area contributed by atoms with Crippen molar-refractivity contribution in [2.24, 2.45) is 5.92 Å². The van der Waals surface area contributed by atoms with Gasteiger partial charge in [-0.25, -0.2) is 18.1 Å². The first kappa shape index (κ1) is 28.0. The smallest absolute Gasteiger partial charge is 0.304 e. The lowest BCUT2D eigenvalue weighted by molar-refractivity contribution is -0.137. The standard InChI is InChI=1S/C32H36N6O4S/c1-20-6-9-23(26(16-29(39)40)25-10-11-27-30(21(25)2)34-35-38(27)17-22-7-8-22)15-24(20)18-37-19-32(12-13-32)36(3)31-28(43(37,41)42)5-4-14-33-31/h4-6,9-11,14-15,22,26H,7-8,12-13,16-19H2,1-3H3,(H,39,40). The molecule has 0 amide bonds. The summed E-state index contributed by atoms with van der Waals surface area (Å²) in [6, 6.07) is 13.2. The molecule has 1 aliphatic heterocycles. The second-order valence-electron chi connectivity index (χ2n) is 12.6. The number of likely N-dealkylation sites (N-methyl/N-ethyl adjacent to an activating group) is 1. The Morgan fingerprint density at radius 3 is 2.65 bits per heavy atom. The number of carboxylic acid groups (broad SMARTS) is 1. The number of aromatic nitrogens is 4. The molecule has 2 aromatic carbocycles. The molecule has 2 aromatic heterocycles. The Labute approximate surface area is 251 Å². The number of sulfonamides is 1. The lowest BCUT2D eigenvalue weighted by Gasteiger charge is -2.29. The van der Waals surface area contributed by atoms with Gasteiger partial charge in [0.05, 0.1) is 17.5 Å². The fourth-order valence-electron chi connectivity index (χ4n) is 6.59. The van der Waals surface area contributed by atoms with E-state index in [9.17, 15) is 18.3 Å². The van der Waals surface area contributed by atoms with Gasteiger partial charge < -0.3 is 10.0 Å². The molecule has 2 saturated carbocycles. The van der Waals surface area contributed by atoms with Crippen molar-refractivity contribution in [1.29, 1.82) is 0 Å². The van der Waals surface area contributed by atoms with Gasteiger partial charge in [-0.1, -0.05) is 29.5 Å². The van der Waals surface area contributed by atoms with Gasteiger partial charge in [-0.05, 0) is 91.5 Å². The minimum absolute atomic E-state index is 0.0972. The van der Waals surface area contributed by atoms with Crippen LogP contribution in [-0.2, 0) is 27.9 Å². The highest BCUT2D eigenvalue weighted by Gasteiger charge is 2.53. The maximum absolute atomic E-state index is 14.0. The van der Waals surface area contributed by atoms with Gasteiger partial charge in [0.25, 0.3) is 0 Å². The van der Waals surface area contributed by atoms with Crippen LogP contribution in [0.4, 0.5) is 5.82 Å². The SMILES string of the molecule is Cc1ccc(C(CC(=O)O)c2ccc3c(nnn3CC3CC3)c2C)cc1CN1CC2(CC2)N(C)c2ncccc2S1(=O)=O. The van der Waals surface area contributed by atoms with E-state index >= 15 is 0 Å². The summed E-state index contributed by atoms with van der Waals surface area (Å²) in [5, 5.41) is 18.8. The summed E-state index contributed by atoms with van der Waals surface area (Å²) < 4.78 is 31.5. The van der Waals surface area contributed by atoms with Gasteiger partial charge in [-0.3, -0.25) is 4.79 Å². The molecule has 2 aliphatic carbocycles. The van der Waals surface area contributed by atoms with Gasteiger partial charge >= 0.3 is 5.97 Å². The van der Waals surface area contributed by atoms with E-state index in [-0.39, 0.29) is 23.4 Å². The lowest BCUT2D eigenvalue weighted by atomic mass is 9.84. The van der Waals surface area contributed by atoms with E-state index in [1.807, 2.05) is 60.8 Å². The topological polar surface area (TPSA) is 122 Å². The van der Waals surface area contributed by atoms with Crippen LogP contribution in [0.1, 0.15) is 65.8 Å². The van der Waals surface area contributed by atoms with Crippen LogP contribution in [0, 0.1) is 19.8 Å². The van der Waals surface area contributed by atoms with Crippen LogP contribution in [0.15, 0.2) is 53.6 Å². The van der Waals surface area contributed by atoms with Crippen molar-refractivity contribution in [3.05, 3.63) is 76.5 Å². The van der Waals surface area contributed by atoms with Crippen molar-refractivity contribution in [2.45, 2.75) is 75.4 Å². The molecular formula is C32H36N6O4S. The van der Waals surface area contributed by atoms with Crippen molar-refractivity contribution in [1.82, 2.24) is 24.3 Å². The number of fused-ring (bicyclic) bond motifs is 2. The van der Waals surface area contributed by atoms with Gasteiger partial charge in [-0.2, -0.15) is 4.31 Å². The molecule has 0 radical (unpaired) electrons. The number of pyridine rings is 1. The Morgan fingerprint density at radius 1 is 1.14 bits per heavy atom. The summed E-state index contributed by atoms with van der Waals surface area (Å²) in [6.45, 7) is 5.38. The molecule has 10 nitrogen and oxygen atoms in total. The van der Waals surface area contributed by atoms with E-state index in [1.165, 1.54) is 12.8 Å². The molecule has 4 aromatic rings. The van der Waals surface area contributed by atoms with Crippen molar-refractivity contribution < 1.29 is 18.3 Å². The van der Waals surface area contributed by atoms with Crippen molar-refractivity contribution in [3.63, 3.8) is 0 Å². The monoisotopic (exact) mass is 600 g/mol. The highest BCUT2D eigenvalue weighted by Crippen LogP contribution is 2.48. The molecule has 1 spiro atoms. The quantitative estimate of drug-likeness (QED) is 0.311. The molecule has 11 heteroatoms. The van der Waals surface area contributed by atoms with E-state index in [0.29, 0.717) is 18.3 Å². The van der Waals surface area contributed by atoms with Gasteiger partial charge in [0, 0.05) is 38.8 Å². The van der Waals surface area contributed by atoms with Gasteiger partial charge in [0.2, 0.25) is 10.0 Å². The molecule has 1 atom stereocenters. The molecule has 43 heavy (non-hydrogen) atoms. The second-order valence-corrected chi connectivity index (χ2v) is 14.5. The fourth-order valence-corrected chi connectivity index (χ4v) is 8.26. The zero-order chi connectivity index (χ0) is 30.1. The number of aliphatic carboxylic acids is 1. The first-order chi connectivity index (χ1) is 20.6. The average Bonchev–Trinajstić information content (AvgIpc) is 3.91. The first-order valence-corrected chi connectivity index (χ1v) is 16.3. The third-order valence-corrected chi connectivity index (χ3v) is 11.5. The Bertz CT molecular complexity index is 1860. The van der Waals surface area contributed by atoms with Gasteiger partial charge in [0.15, 0.2) is 0 Å². The van der Waals surface area contributed by atoms with Crippen LogP contribution >= 0.6 is 0 Å². The number of aryl methyl sites for hydroxylation is 2. The summed E-state index contributed by atoms with van der Waals surface area (Å²) in [5.41, 5.74) is 5.95. The van der Waals surface area contributed by atoms with Crippen LogP contribution in [-0.4, -0.2) is 62.9 Å². The second kappa shape index (κ2) is 10.1. The number of hydrogen-bond acceptors (Lipinski definition) is 7. The van der Waals surface area contributed by atoms with E-state index in [1.54, 1.807) is 22.6 Å². The zero-order valence-electron chi connectivity index (χ0n) is 24.7. The van der Waals surface area contributed by atoms with Crippen LogP contribution in [0.2, 0.25) is 0 Å². The van der Waals surface area contributed by atoms with Gasteiger partial charge in [-0.15, -0.1) is 5.10 Å². The molecule has 224 valence electrons. The van der Waals surface area contributed by atoms with E-state index in [0.717, 1.165) is 58.2 Å². The lowest BCUT2D eigenvalue weighted by Crippen LogP contribution is -2.43. The molecule has 1 N–H and O–H groups in total. The van der Waals surface area contributed by atoms with Gasteiger partial charge in [0.1, 0.15) is 16.2 Å². The predicted molar refractivity (Wildman–Crippen MR) is 162 cm³/mol. The summed E-state index contributed by atoms with van der Waals surface area (Å²) in [4.78, 5) is 18.9. The zero-order valence-corrected chi connectivity index (χ0v) is 25.5.